The van der Waals surface area contributed by atoms with Crippen molar-refractivity contribution in [3.63, 3.8) is 0 Å². The van der Waals surface area contributed by atoms with Gasteiger partial charge in [0.2, 0.25) is 0 Å². The lowest BCUT2D eigenvalue weighted by atomic mass is 10.1. The van der Waals surface area contributed by atoms with Crippen molar-refractivity contribution >= 4 is 29.3 Å². The van der Waals surface area contributed by atoms with Crippen molar-refractivity contribution in [2.45, 2.75) is 17.2 Å². The molecule has 16 heavy (non-hydrogen) atoms. The third kappa shape index (κ3) is 2.47. The molecule has 1 aromatic rings. The Bertz CT molecular complexity index is 430. The zero-order valence-electron chi connectivity index (χ0n) is 8.55. The molecule has 1 N–H and O–H groups in total. The van der Waals surface area contributed by atoms with E-state index >= 15 is 0 Å². The number of aromatic carboxylic acids is 1. The number of carbonyl (C=O) groups is 1. The SMILES string of the molecule is CSc1c(C(F)(F)Cl)ccc(C(=O)O)c1C. The molecular formula is C10H9ClF2O2S. The van der Waals surface area contributed by atoms with Gasteiger partial charge in [-0.2, -0.15) is 8.78 Å². The molecule has 0 aliphatic heterocycles. The number of alkyl halides is 3. The summed E-state index contributed by atoms with van der Waals surface area (Å²) in [6, 6.07) is 2.19. The summed E-state index contributed by atoms with van der Waals surface area (Å²) in [7, 11) is 0. The van der Waals surface area contributed by atoms with E-state index in [1.807, 2.05) is 0 Å². The Morgan fingerprint density at radius 1 is 1.50 bits per heavy atom. The first-order valence-electron chi connectivity index (χ1n) is 4.27. The zero-order valence-corrected chi connectivity index (χ0v) is 10.1. The fourth-order valence-electron chi connectivity index (χ4n) is 1.41. The fourth-order valence-corrected chi connectivity index (χ4v) is 2.46. The normalized spacial score (nSPS) is 11.6. The Morgan fingerprint density at radius 2 is 2.06 bits per heavy atom. The van der Waals surface area contributed by atoms with Crippen molar-refractivity contribution in [3.05, 3.63) is 28.8 Å². The number of hydrogen-bond donors (Lipinski definition) is 1. The van der Waals surface area contributed by atoms with Crippen LogP contribution in [0, 0.1) is 6.92 Å². The predicted molar refractivity (Wildman–Crippen MR) is 59.7 cm³/mol. The molecule has 88 valence electrons. The van der Waals surface area contributed by atoms with E-state index in [4.69, 9.17) is 16.7 Å². The minimum atomic E-state index is -3.49. The molecule has 0 saturated heterocycles. The summed E-state index contributed by atoms with van der Waals surface area (Å²) in [5.74, 6) is -1.14. The Hall–Kier alpha value is -0.810. The van der Waals surface area contributed by atoms with Crippen molar-refractivity contribution in [1.82, 2.24) is 0 Å². The van der Waals surface area contributed by atoms with E-state index in [1.165, 1.54) is 6.92 Å². The Balaban J connectivity index is 3.47. The summed E-state index contributed by atoms with van der Waals surface area (Å²) >= 11 is 6.00. The molecule has 6 heteroatoms. The summed E-state index contributed by atoms with van der Waals surface area (Å²) in [6.07, 6.45) is 1.60. The van der Waals surface area contributed by atoms with Gasteiger partial charge in [0, 0.05) is 4.90 Å². The molecule has 0 saturated carbocycles. The molecule has 0 bridgehead atoms. The van der Waals surface area contributed by atoms with Crippen LogP contribution in [0.15, 0.2) is 17.0 Å². The standard InChI is InChI=1S/C10H9ClF2O2S/c1-5-6(9(14)15)3-4-7(8(5)16-2)10(11,12)13/h3-4H,1-2H3,(H,14,15). The predicted octanol–water partition coefficient (Wildman–Crippen LogP) is 3.70. The van der Waals surface area contributed by atoms with Gasteiger partial charge in [-0.1, -0.05) is 0 Å². The van der Waals surface area contributed by atoms with Crippen LogP contribution in [-0.4, -0.2) is 17.3 Å². The summed E-state index contributed by atoms with van der Waals surface area (Å²) in [5.41, 5.74) is -0.0454. The highest BCUT2D eigenvalue weighted by Gasteiger charge is 2.32. The van der Waals surface area contributed by atoms with Crippen LogP contribution in [-0.2, 0) is 5.38 Å². The highest BCUT2D eigenvalue weighted by molar-refractivity contribution is 7.98. The van der Waals surface area contributed by atoms with Crippen molar-refractivity contribution in [1.29, 1.82) is 0 Å². The van der Waals surface area contributed by atoms with Crippen LogP contribution in [0.1, 0.15) is 21.5 Å². The molecule has 0 heterocycles. The van der Waals surface area contributed by atoms with Gasteiger partial charge in [-0.3, -0.25) is 0 Å². The van der Waals surface area contributed by atoms with Gasteiger partial charge in [-0.15, -0.1) is 11.8 Å². The van der Waals surface area contributed by atoms with Crippen LogP contribution in [0.4, 0.5) is 8.78 Å². The van der Waals surface area contributed by atoms with Crippen LogP contribution in [0.25, 0.3) is 0 Å². The molecular weight excluding hydrogens is 258 g/mol. The Morgan fingerprint density at radius 3 is 2.44 bits per heavy atom. The van der Waals surface area contributed by atoms with E-state index in [0.717, 1.165) is 23.9 Å². The monoisotopic (exact) mass is 266 g/mol. The smallest absolute Gasteiger partial charge is 0.349 e. The molecule has 0 atom stereocenters. The number of halogens is 3. The fraction of sp³-hybridized carbons (Fsp3) is 0.300. The average molecular weight is 267 g/mol. The molecule has 1 aromatic carbocycles. The summed E-state index contributed by atoms with van der Waals surface area (Å²) < 4.78 is 26.0. The summed E-state index contributed by atoms with van der Waals surface area (Å²) in [5, 5.41) is 5.36. The van der Waals surface area contributed by atoms with Gasteiger partial charge in [-0.25, -0.2) is 4.79 Å². The van der Waals surface area contributed by atoms with Crippen molar-refractivity contribution in [3.8, 4) is 0 Å². The molecule has 0 spiro atoms. The van der Waals surface area contributed by atoms with E-state index in [1.54, 1.807) is 6.26 Å². The zero-order chi connectivity index (χ0) is 12.5. The minimum absolute atomic E-state index is 0.00835. The second-order valence-corrected chi connectivity index (χ2v) is 4.41. The molecule has 1 rings (SSSR count). The first kappa shape index (κ1) is 13.3. The van der Waals surface area contributed by atoms with Gasteiger partial charge in [-0.05, 0) is 42.5 Å². The van der Waals surface area contributed by atoms with E-state index in [2.05, 4.69) is 0 Å². The molecule has 0 aromatic heterocycles. The van der Waals surface area contributed by atoms with Crippen LogP contribution >= 0.6 is 23.4 Å². The van der Waals surface area contributed by atoms with Gasteiger partial charge < -0.3 is 5.11 Å². The van der Waals surface area contributed by atoms with E-state index in [9.17, 15) is 13.6 Å². The van der Waals surface area contributed by atoms with Crippen molar-refractivity contribution in [2.24, 2.45) is 0 Å². The lowest BCUT2D eigenvalue weighted by molar-refractivity contribution is 0.0693. The minimum Gasteiger partial charge on any atom is -0.478 e. The molecule has 0 unspecified atom stereocenters. The van der Waals surface area contributed by atoms with Crippen LogP contribution in [0.3, 0.4) is 0 Å². The molecule has 0 aliphatic carbocycles. The summed E-state index contributed by atoms with van der Waals surface area (Å²) in [4.78, 5) is 11.0. The molecule has 0 amide bonds. The third-order valence-electron chi connectivity index (χ3n) is 2.15. The van der Waals surface area contributed by atoms with E-state index in [0.29, 0.717) is 5.56 Å². The maximum Gasteiger partial charge on any atom is 0.349 e. The largest absolute Gasteiger partial charge is 0.478 e. The lowest BCUT2D eigenvalue weighted by Gasteiger charge is -2.16. The highest BCUT2D eigenvalue weighted by atomic mass is 35.5. The van der Waals surface area contributed by atoms with Crippen LogP contribution in [0.2, 0.25) is 0 Å². The number of rotatable bonds is 3. The highest BCUT2D eigenvalue weighted by Crippen LogP contribution is 2.40. The van der Waals surface area contributed by atoms with E-state index < -0.39 is 11.4 Å². The first-order chi connectivity index (χ1) is 7.29. The van der Waals surface area contributed by atoms with Crippen LogP contribution < -0.4 is 0 Å². The molecule has 0 aliphatic rings. The maximum absolute atomic E-state index is 13.0. The second kappa shape index (κ2) is 4.59. The quantitative estimate of drug-likeness (QED) is 0.669. The van der Waals surface area contributed by atoms with Gasteiger partial charge in [0.05, 0.1) is 11.1 Å². The van der Waals surface area contributed by atoms with Crippen molar-refractivity contribution < 1.29 is 18.7 Å². The molecule has 0 fully saturated rings. The van der Waals surface area contributed by atoms with Gasteiger partial charge in [0.25, 0.3) is 0 Å². The van der Waals surface area contributed by atoms with Gasteiger partial charge in [0.15, 0.2) is 0 Å². The second-order valence-electron chi connectivity index (χ2n) is 3.12. The number of thioether (sulfide) groups is 1. The maximum atomic E-state index is 13.0. The Kier molecular flexibility index (Phi) is 3.80. The average Bonchev–Trinajstić information content (AvgIpc) is 2.15. The lowest BCUT2D eigenvalue weighted by Crippen LogP contribution is -2.09. The van der Waals surface area contributed by atoms with Gasteiger partial charge >= 0.3 is 11.4 Å². The number of hydrogen-bond acceptors (Lipinski definition) is 2. The number of carboxylic acid groups (broad SMARTS) is 1. The summed E-state index contributed by atoms with van der Waals surface area (Å²) in [6.45, 7) is 1.49. The number of benzene rings is 1. The Labute approximate surface area is 101 Å². The first-order valence-corrected chi connectivity index (χ1v) is 5.87. The number of carboxylic acids is 1. The van der Waals surface area contributed by atoms with E-state index in [-0.39, 0.29) is 16.0 Å². The third-order valence-corrected chi connectivity index (χ3v) is 3.28. The van der Waals surface area contributed by atoms with Crippen LogP contribution in [0.5, 0.6) is 0 Å². The molecule has 0 radical (unpaired) electrons. The molecule has 2 nitrogen and oxygen atoms in total. The van der Waals surface area contributed by atoms with Crippen molar-refractivity contribution in [2.75, 3.05) is 6.26 Å². The topological polar surface area (TPSA) is 37.3 Å². The van der Waals surface area contributed by atoms with Gasteiger partial charge in [0.1, 0.15) is 0 Å².